The lowest BCUT2D eigenvalue weighted by Gasteiger charge is -2.27. The third-order valence-electron chi connectivity index (χ3n) is 3.99. The Kier molecular flexibility index (Phi) is 5.03. The van der Waals surface area contributed by atoms with Crippen molar-refractivity contribution in [2.75, 3.05) is 19.4 Å². The van der Waals surface area contributed by atoms with Gasteiger partial charge in [0.15, 0.2) is 0 Å². The van der Waals surface area contributed by atoms with Crippen molar-refractivity contribution in [3.63, 3.8) is 0 Å². The number of nitrogens with one attached hydrogen (secondary N) is 1. The molecule has 0 radical (unpaired) electrons. The average Bonchev–Trinajstić information content (AvgIpc) is 2.59. The third-order valence-corrected chi connectivity index (χ3v) is 5.12. The molecule has 2 aromatic carbocycles. The van der Waals surface area contributed by atoms with Gasteiger partial charge in [-0.25, -0.2) is 0 Å². The SMILES string of the molecule is COc1cccc(C(O)CNC2CCSc3ccccc32)c1. The molecular formula is C18H21NO2S. The molecule has 2 unspecified atom stereocenters. The average molecular weight is 315 g/mol. The van der Waals surface area contributed by atoms with Gasteiger partial charge < -0.3 is 15.2 Å². The first-order chi connectivity index (χ1) is 10.8. The van der Waals surface area contributed by atoms with Crippen molar-refractivity contribution in [2.24, 2.45) is 0 Å². The molecule has 3 nitrogen and oxygen atoms in total. The van der Waals surface area contributed by atoms with Gasteiger partial charge >= 0.3 is 0 Å². The van der Waals surface area contributed by atoms with Crippen LogP contribution in [-0.2, 0) is 0 Å². The molecule has 0 bridgehead atoms. The molecule has 3 rings (SSSR count). The van der Waals surface area contributed by atoms with E-state index < -0.39 is 6.10 Å². The summed E-state index contributed by atoms with van der Waals surface area (Å²) in [5.41, 5.74) is 2.22. The summed E-state index contributed by atoms with van der Waals surface area (Å²) in [6.07, 6.45) is 0.559. The first-order valence-electron chi connectivity index (χ1n) is 7.55. The van der Waals surface area contributed by atoms with Gasteiger partial charge in [0, 0.05) is 17.5 Å². The highest BCUT2D eigenvalue weighted by Gasteiger charge is 2.20. The highest BCUT2D eigenvalue weighted by molar-refractivity contribution is 7.99. The van der Waals surface area contributed by atoms with E-state index in [0.717, 1.165) is 23.5 Å². The zero-order valence-electron chi connectivity index (χ0n) is 12.7. The van der Waals surface area contributed by atoms with Gasteiger partial charge in [-0.15, -0.1) is 11.8 Å². The van der Waals surface area contributed by atoms with E-state index >= 15 is 0 Å². The topological polar surface area (TPSA) is 41.5 Å². The zero-order chi connectivity index (χ0) is 15.4. The van der Waals surface area contributed by atoms with Crippen LogP contribution < -0.4 is 10.1 Å². The van der Waals surface area contributed by atoms with Gasteiger partial charge in [0.25, 0.3) is 0 Å². The van der Waals surface area contributed by atoms with Crippen LogP contribution in [0, 0.1) is 0 Å². The van der Waals surface area contributed by atoms with E-state index in [1.54, 1.807) is 7.11 Å². The van der Waals surface area contributed by atoms with E-state index in [1.165, 1.54) is 10.5 Å². The molecule has 1 heterocycles. The summed E-state index contributed by atoms with van der Waals surface area (Å²) in [6, 6.07) is 16.4. The third kappa shape index (κ3) is 3.46. The first-order valence-corrected chi connectivity index (χ1v) is 8.53. The highest BCUT2D eigenvalue weighted by Crippen LogP contribution is 2.36. The molecule has 0 aliphatic carbocycles. The summed E-state index contributed by atoms with van der Waals surface area (Å²) in [6.45, 7) is 0.539. The molecule has 0 saturated heterocycles. The van der Waals surface area contributed by atoms with Crippen molar-refractivity contribution in [3.05, 3.63) is 59.7 Å². The molecule has 2 N–H and O–H groups in total. The second-order valence-electron chi connectivity index (χ2n) is 5.43. The number of benzene rings is 2. The Morgan fingerprint density at radius 1 is 1.27 bits per heavy atom. The van der Waals surface area contributed by atoms with Crippen LogP contribution in [0.2, 0.25) is 0 Å². The van der Waals surface area contributed by atoms with E-state index in [-0.39, 0.29) is 0 Å². The predicted octanol–water partition coefficient (Wildman–Crippen LogP) is 3.56. The Hall–Kier alpha value is -1.49. The molecule has 0 spiro atoms. The minimum Gasteiger partial charge on any atom is -0.497 e. The quantitative estimate of drug-likeness (QED) is 0.885. The molecule has 0 amide bonds. The second kappa shape index (κ2) is 7.18. The van der Waals surface area contributed by atoms with Crippen molar-refractivity contribution in [2.45, 2.75) is 23.5 Å². The number of hydrogen-bond donors (Lipinski definition) is 2. The van der Waals surface area contributed by atoms with Crippen molar-refractivity contribution in [3.8, 4) is 5.75 Å². The molecule has 0 fully saturated rings. The number of rotatable bonds is 5. The Labute approximate surface area is 135 Å². The predicted molar refractivity (Wildman–Crippen MR) is 90.5 cm³/mol. The minimum atomic E-state index is -0.531. The molecule has 116 valence electrons. The number of ether oxygens (including phenoxy) is 1. The maximum Gasteiger partial charge on any atom is 0.119 e. The fourth-order valence-electron chi connectivity index (χ4n) is 2.77. The number of thioether (sulfide) groups is 1. The Morgan fingerprint density at radius 2 is 2.14 bits per heavy atom. The van der Waals surface area contributed by atoms with Crippen molar-refractivity contribution < 1.29 is 9.84 Å². The monoisotopic (exact) mass is 315 g/mol. The van der Waals surface area contributed by atoms with E-state index in [9.17, 15) is 5.11 Å². The maximum absolute atomic E-state index is 10.4. The lowest BCUT2D eigenvalue weighted by molar-refractivity contribution is 0.168. The van der Waals surface area contributed by atoms with Crippen LogP contribution >= 0.6 is 11.8 Å². The van der Waals surface area contributed by atoms with Crippen LogP contribution in [0.3, 0.4) is 0 Å². The summed E-state index contributed by atoms with van der Waals surface area (Å²) in [5, 5.41) is 13.9. The van der Waals surface area contributed by atoms with Crippen LogP contribution in [-0.4, -0.2) is 24.5 Å². The van der Waals surface area contributed by atoms with E-state index in [0.29, 0.717) is 12.6 Å². The first kappa shape index (κ1) is 15.4. The number of aliphatic hydroxyl groups excluding tert-OH is 1. The van der Waals surface area contributed by atoms with Gasteiger partial charge in [0.1, 0.15) is 5.75 Å². The standard InChI is InChI=1S/C18H21NO2S/c1-21-14-6-4-5-13(11-14)17(20)12-19-16-9-10-22-18-8-3-2-7-15(16)18/h2-8,11,16-17,19-20H,9-10,12H2,1H3. The fraction of sp³-hybridized carbons (Fsp3) is 0.333. The van der Waals surface area contributed by atoms with Gasteiger partial charge in [-0.05, 0) is 41.5 Å². The Balaban J connectivity index is 1.65. The maximum atomic E-state index is 10.4. The van der Waals surface area contributed by atoms with Crippen LogP contribution in [0.1, 0.15) is 29.7 Å². The number of methoxy groups -OCH3 is 1. The summed E-state index contributed by atoms with van der Waals surface area (Å²) < 4.78 is 5.21. The van der Waals surface area contributed by atoms with Crippen LogP contribution in [0.25, 0.3) is 0 Å². The zero-order valence-corrected chi connectivity index (χ0v) is 13.5. The van der Waals surface area contributed by atoms with E-state index in [4.69, 9.17) is 4.74 Å². The number of fused-ring (bicyclic) bond motifs is 1. The molecule has 4 heteroatoms. The van der Waals surface area contributed by atoms with Crippen LogP contribution in [0.15, 0.2) is 53.4 Å². The van der Waals surface area contributed by atoms with Crippen molar-refractivity contribution in [1.82, 2.24) is 5.32 Å². The summed E-state index contributed by atoms with van der Waals surface area (Å²) in [5.74, 6) is 1.89. The molecule has 0 aromatic heterocycles. The lowest BCUT2D eigenvalue weighted by Crippen LogP contribution is -2.28. The molecule has 2 aromatic rings. The smallest absolute Gasteiger partial charge is 0.119 e. The van der Waals surface area contributed by atoms with Gasteiger partial charge in [-0.2, -0.15) is 0 Å². The molecule has 1 aliphatic heterocycles. The molecule has 1 aliphatic rings. The second-order valence-corrected chi connectivity index (χ2v) is 6.56. The van der Waals surface area contributed by atoms with E-state index in [2.05, 4.69) is 29.6 Å². The van der Waals surface area contributed by atoms with Crippen molar-refractivity contribution >= 4 is 11.8 Å². The highest BCUT2D eigenvalue weighted by atomic mass is 32.2. The van der Waals surface area contributed by atoms with E-state index in [1.807, 2.05) is 36.0 Å². The fourth-order valence-corrected chi connectivity index (χ4v) is 3.90. The van der Waals surface area contributed by atoms with Crippen LogP contribution in [0.5, 0.6) is 5.75 Å². The Bertz CT molecular complexity index is 632. The molecule has 0 saturated carbocycles. The minimum absolute atomic E-state index is 0.317. The number of hydrogen-bond acceptors (Lipinski definition) is 4. The van der Waals surface area contributed by atoms with Crippen molar-refractivity contribution in [1.29, 1.82) is 0 Å². The summed E-state index contributed by atoms with van der Waals surface area (Å²) in [7, 11) is 1.64. The summed E-state index contributed by atoms with van der Waals surface area (Å²) >= 11 is 1.91. The van der Waals surface area contributed by atoms with Gasteiger partial charge in [-0.3, -0.25) is 0 Å². The molecular weight excluding hydrogens is 294 g/mol. The largest absolute Gasteiger partial charge is 0.497 e. The Morgan fingerprint density at radius 3 is 3.00 bits per heavy atom. The van der Waals surface area contributed by atoms with Gasteiger partial charge in [0.2, 0.25) is 0 Å². The summed E-state index contributed by atoms with van der Waals surface area (Å²) in [4.78, 5) is 1.35. The van der Waals surface area contributed by atoms with Crippen LogP contribution in [0.4, 0.5) is 0 Å². The lowest BCUT2D eigenvalue weighted by atomic mass is 10.0. The normalized spacial score (nSPS) is 18.5. The number of aliphatic hydroxyl groups is 1. The van der Waals surface area contributed by atoms with Gasteiger partial charge in [-0.1, -0.05) is 30.3 Å². The molecule has 22 heavy (non-hydrogen) atoms. The molecule has 2 atom stereocenters. The van der Waals surface area contributed by atoms with Gasteiger partial charge in [0.05, 0.1) is 13.2 Å².